The molecule has 1 N–H and O–H groups in total. The zero-order valence-corrected chi connectivity index (χ0v) is 13.5. The summed E-state index contributed by atoms with van der Waals surface area (Å²) < 4.78 is 0. The fraction of sp³-hybridized carbons (Fsp3) is 0.368. The predicted molar refractivity (Wildman–Crippen MR) is 90.3 cm³/mol. The molecule has 0 amide bonds. The zero-order chi connectivity index (χ0) is 14.8. The average molecular weight is 300 g/mol. The third kappa shape index (κ3) is 3.00. The molecule has 2 atom stereocenters. The number of hydrogen-bond donors (Lipinski definition) is 1. The lowest BCUT2D eigenvalue weighted by atomic mass is 9.76. The minimum Gasteiger partial charge on any atom is -0.316 e. The van der Waals surface area contributed by atoms with E-state index < -0.39 is 0 Å². The summed E-state index contributed by atoms with van der Waals surface area (Å²) in [5.41, 5.74) is 5.49. The van der Waals surface area contributed by atoms with Crippen LogP contribution in [0.4, 0.5) is 0 Å². The second-order valence-electron chi connectivity index (χ2n) is 6.09. The standard InChI is InChI=1S/C19H22ClN/c1-13-7-8-15(14(2)11-13)16-9-10-21-12-18(16)17-5-3-4-6-19(17)20/h3-8,11,16,18,21H,9-10,12H2,1-2H3. The zero-order valence-electron chi connectivity index (χ0n) is 12.7. The summed E-state index contributed by atoms with van der Waals surface area (Å²) >= 11 is 6.45. The number of benzene rings is 2. The Morgan fingerprint density at radius 3 is 2.57 bits per heavy atom. The normalized spacial score (nSPS) is 22.2. The lowest BCUT2D eigenvalue weighted by Gasteiger charge is -2.34. The molecule has 1 nitrogen and oxygen atoms in total. The van der Waals surface area contributed by atoms with Gasteiger partial charge < -0.3 is 5.32 Å². The molecule has 110 valence electrons. The quantitative estimate of drug-likeness (QED) is 0.838. The molecular formula is C19H22ClN. The lowest BCUT2D eigenvalue weighted by Crippen LogP contribution is -2.34. The molecule has 1 heterocycles. The van der Waals surface area contributed by atoms with Gasteiger partial charge in [0.05, 0.1) is 0 Å². The van der Waals surface area contributed by atoms with Gasteiger partial charge in [-0.2, -0.15) is 0 Å². The molecule has 21 heavy (non-hydrogen) atoms. The van der Waals surface area contributed by atoms with Gasteiger partial charge in [-0.25, -0.2) is 0 Å². The van der Waals surface area contributed by atoms with Crippen molar-refractivity contribution in [3.05, 3.63) is 69.7 Å². The van der Waals surface area contributed by atoms with Crippen LogP contribution in [0.3, 0.4) is 0 Å². The van der Waals surface area contributed by atoms with Crippen molar-refractivity contribution >= 4 is 11.6 Å². The minimum atomic E-state index is 0.453. The first-order valence-electron chi connectivity index (χ1n) is 7.69. The van der Waals surface area contributed by atoms with Gasteiger partial charge in [-0.3, -0.25) is 0 Å². The van der Waals surface area contributed by atoms with E-state index in [-0.39, 0.29) is 0 Å². The van der Waals surface area contributed by atoms with E-state index in [4.69, 9.17) is 11.6 Å². The van der Waals surface area contributed by atoms with E-state index in [0.29, 0.717) is 11.8 Å². The van der Waals surface area contributed by atoms with E-state index in [9.17, 15) is 0 Å². The van der Waals surface area contributed by atoms with Gasteiger partial charge in [-0.15, -0.1) is 0 Å². The van der Waals surface area contributed by atoms with Gasteiger partial charge in [0.25, 0.3) is 0 Å². The summed E-state index contributed by atoms with van der Waals surface area (Å²) in [6.07, 6.45) is 1.17. The van der Waals surface area contributed by atoms with E-state index in [1.807, 2.05) is 12.1 Å². The number of hydrogen-bond acceptors (Lipinski definition) is 1. The van der Waals surface area contributed by atoms with E-state index >= 15 is 0 Å². The van der Waals surface area contributed by atoms with E-state index in [0.717, 1.165) is 18.1 Å². The molecule has 3 rings (SSSR count). The van der Waals surface area contributed by atoms with Gasteiger partial charge in [-0.05, 0) is 55.5 Å². The Balaban J connectivity index is 2.00. The van der Waals surface area contributed by atoms with Crippen molar-refractivity contribution in [3.8, 4) is 0 Å². The summed E-state index contributed by atoms with van der Waals surface area (Å²) in [6.45, 7) is 6.47. The Bertz CT molecular complexity index is 635. The maximum absolute atomic E-state index is 6.45. The van der Waals surface area contributed by atoms with Crippen molar-refractivity contribution in [1.29, 1.82) is 0 Å². The van der Waals surface area contributed by atoms with Crippen LogP contribution in [0.2, 0.25) is 5.02 Å². The Morgan fingerprint density at radius 2 is 1.81 bits per heavy atom. The first-order chi connectivity index (χ1) is 10.2. The molecule has 1 saturated heterocycles. The highest BCUT2D eigenvalue weighted by molar-refractivity contribution is 6.31. The van der Waals surface area contributed by atoms with Gasteiger partial charge in [0.15, 0.2) is 0 Å². The largest absolute Gasteiger partial charge is 0.316 e. The Kier molecular flexibility index (Phi) is 4.32. The summed E-state index contributed by atoms with van der Waals surface area (Å²) in [5, 5.41) is 4.42. The van der Waals surface area contributed by atoms with Crippen LogP contribution in [0, 0.1) is 13.8 Å². The number of aryl methyl sites for hydroxylation is 2. The van der Waals surface area contributed by atoms with Crippen molar-refractivity contribution < 1.29 is 0 Å². The molecule has 0 spiro atoms. The van der Waals surface area contributed by atoms with Crippen LogP contribution < -0.4 is 5.32 Å². The van der Waals surface area contributed by atoms with Crippen LogP contribution in [0.25, 0.3) is 0 Å². The monoisotopic (exact) mass is 299 g/mol. The maximum atomic E-state index is 6.45. The summed E-state index contributed by atoms with van der Waals surface area (Å²) in [6, 6.07) is 15.1. The summed E-state index contributed by atoms with van der Waals surface area (Å²) in [4.78, 5) is 0. The lowest BCUT2D eigenvalue weighted by molar-refractivity contribution is 0.403. The van der Waals surface area contributed by atoms with Crippen molar-refractivity contribution in [2.24, 2.45) is 0 Å². The maximum Gasteiger partial charge on any atom is 0.0441 e. The molecule has 1 aliphatic rings. The van der Waals surface area contributed by atoms with E-state index in [1.54, 1.807) is 0 Å². The molecule has 0 aromatic heterocycles. The third-order valence-corrected chi connectivity index (χ3v) is 4.96. The fourth-order valence-corrected chi connectivity index (χ4v) is 3.85. The van der Waals surface area contributed by atoms with Crippen LogP contribution >= 0.6 is 11.6 Å². The number of rotatable bonds is 2. The second-order valence-corrected chi connectivity index (χ2v) is 6.49. The van der Waals surface area contributed by atoms with Crippen molar-refractivity contribution in [1.82, 2.24) is 5.32 Å². The second kappa shape index (κ2) is 6.21. The number of halogens is 1. The summed E-state index contributed by atoms with van der Waals surface area (Å²) in [5.74, 6) is 1.00. The first kappa shape index (κ1) is 14.6. The van der Waals surface area contributed by atoms with Crippen LogP contribution in [0.1, 0.15) is 40.5 Å². The van der Waals surface area contributed by atoms with Gasteiger partial charge in [0.2, 0.25) is 0 Å². The van der Waals surface area contributed by atoms with Crippen LogP contribution in [-0.2, 0) is 0 Å². The van der Waals surface area contributed by atoms with E-state index in [1.165, 1.54) is 28.7 Å². The molecule has 0 bridgehead atoms. The molecule has 0 radical (unpaired) electrons. The fourth-order valence-electron chi connectivity index (χ4n) is 3.57. The van der Waals surface area contributed by atoms with Gasteiger partial charge in [0, 0.05) is 17.5 Å². The molecule has 0 aliphatic carbocycles. The van der Waals surface area contributed by atoms with Crippen molar-refractivity contribution in [3.63, 3.8) is 0 Å². The highest BCUT2D eigenvalue weighted by Gasteiger charge is 2.29. The van der Waals surface area contributed by atoms with Crippen molar-refractivity contribution in [2.45, 2.75) is 32.1 Å². The topological polar surface area (TPSA) is 12.0 Å². The minimum absolute atomic E-state index is 0.453. The first-order valence-corrected chi connectivity index (χ1v) is 8.07. The van der Waals surface area contributed by atoms with Gasteiger partial charge >= 0.3 is 0 Å². The van der Waals surface area contributed by atoms with Crippen LogP contribution in [0.5, 0.6) is 0 Å². The van der Waals surface area contributed by atoms with Crippen LogP contribution in [-0.4, -0.2) is 13.1 Å². The predicted octanol–water partition coefficient (Wildman–Crippen LogP) is 4.82. The van der Waals surface area contributed by atoms with Crippen LogP contribution in [0.15, 0.2) is 42.5 Å². The molecular weight excluding hydrogens is 278 g/mol. The van der Waals surface area contributed by atoms with E-state index in [2.05, 4.69) is 49.5 Å². The molecule has 1 aliphatic heterocycles. The Hall–Kier alpha value is -1.31. The Morgan fingerprint density at radius 1 is 1.00 bits per heavy atom. The highest BCUT2D eigenvalue weighted by atomic mass is 35.5. The Labute approximate surface area is 132 Å². The van der Waals surface area contributed by atoms with Gasteiger partial charge in [-0.1, -0.05) is 53.6 Å². The number of nitrogens with one attached hydrogen (secondary N) is 1. The molecule has 2 heteroatoms. The molecule has 0 saturated carbocycles. The molecule has 1 fully saturated rings. The third-order valence-electron chi connectivity index (χ3n) is 4.61. The highest BCUT2D eigenvalue weighted by Crippen LogP contribution is 2.40. The van der Waals surface area contributed by atoms with Gasteiger partial charge in [0.1, 0.15) is 0 Å². The smallest absolute Gasteiger partial charge is 0.0441 e. The molecule has 2 aromatic carbocycles. The molecule has 2 aromatic rings. The number of piperidine rings is 1. The summed E-state index contributed by atoms with van der Waals surface area (Å²) in [7, 11) is 0. The SMILES string of the molecule is Cc1ccc(C2CCNCC2c2ccccc2Cl)c(C)c1. The molecule has 2 unspecified atom stereocenters. The average Bonchev–Trinajstić information content (AvgIpc) is 2.48. The van der Waals surface area contributed by atoms with Crippen molar-refractivity contribution in [2.75, 3.05) is 13.1 Å².